The molecule has 3 atom stereocenters. The number of benzene rings is 1. The summed E-state index contributed by atoms with van der Waals surface area (Å²) in [5.74, 6) is 0.657. The zero-order chi connectivity index (χ0) is 19.7. The van der Waals surface area contributed by atoms with Crippen molar-refractivity contribution in [1.82, 2.24) is 9.21 Å². The van der Waals surface area contributed by atoms with Gasteiger partial charge >= 0.3 is 0 Å². The first-order valence-electron chi connectivity index (χ1n) is 10.9. The van der Waals surface area contributed by atoms with Gasteiger partial charge in [-0.15, -0.1) is 0 Å². The van der Waals surface area contributed by atoms with Crippen molar-refractivity contribution in [3.63, 3.8) is 0 Å². The summed E-state index contributed by atoms with van der Waals surface area (Å²) < 4.78 is 28.2. The predicted octanol–water partition coefficient (Wildman–Crippen LogP) is 3.72. The molecule has 2 saturated heterocycles. The van der Waals surface area contributed by atoms with Gasteiger partial charge in [0.05, 0.1) is 4.90 Å². The maximum absolute atomic E-state index is 13.6. The summed E-state index contributed by atoms with van der Waals surface area (Å²) in [5.41, 5.74) is 1.03. The van der Waals surface area contributed by atoms with Crippen molar-refractivity contribution in [3.8, 4) is 0 Å². The molecule has 0 aromatic heterocycles. The number of nitrogens with zero attached hydrogens (tertiary/aromatic N) is 2. The second-order valence-corrected chi connectivity index (χ2v) is 10.6. The van der Waals surface area contributed by atoms with E-state index in [0.29, 0.717) is 29.8 Å². The van der Waals surface area contributed by atoms with Gasteiger partial charge in [0, 0.05) is 19.1 Å². The van der Waals surface area contributed by atoms with Gasteiger partial charge in [-0.05, 0) is 63.5 Å². The maximum atomic E-state index is 13.6. The van der Waals surface area contributed by atoms with Crippen molar-refractivity contribution < 1.29 is 13.2 Å². The number of hydrogen-bond acceptors (Lipinski definition) is 3. The first kappa shape index (κ1) is 19.9. The largest absolute Gasteiger partial charge is 0.338 e. The molecule has 28 heavy (non-hydrogen) atoms. The van der Waals surface area contributed by atoms with Crippen molar-refractivity contribution in [2.75, 3.05) is 13.1 Å². The van der Waals surface area contributed by atoms with E-state index in [1.54, 1.807) is 12.1 Å². The first-order chi connectivity index (χ1) is 13.5. The molecule has 1 aromatic carbocycles. The fraction of sp³-hybridized carbons (Fsp3) is 0.682. The van der Waals surface area contributed by atoms with Crippen LogP contribution in [-0.4, -0.2) is 48.7 Å². The molecule has 4 rings (SSSR count). The van der Waals surface area contributed by atoms with E-state index in [1.165, 1.54) is 30.0 Å². The lowest BCUT2D eigenvalue weighted by molar-refractivity contribution is -0.142. The third-order valence-electron chi connectivity index (χ3n) is 6.89. The molecule has 154 valence electrons. The highest BCUT2D eigenvalue weighted by Crippen LogP contribution is 2.37. The van der Waals surface area contributed by atoms with Crippen LogP contribution in [0.2, 0.25) is 0 Å². The van der Waals surface area contributed by atoms with Gasteiger partial charge in [-0.25, -0.2) is 8.42 Å². The highest BCUT2D eigenvalue weighted by Gasteiger charge is 2.43. The third-order valence-corrected chi connectivity index (χ3v) is 8.82. The van der Waals surface area contributed by atoms with Crippen LogP contribution < -0.4 is 0 Å². The van der Waals surface area contributed by atoms with Crippen LogP contribution in [0.5, 0.6) is 0 Å². The monoisotopic (exact) mass is 404 g/mol. The van der Waals surface area contributed by atoms with E-state index < -0.39 is 16.1 Å². The van der Waals surface area contributed by atoms with Crippen molar-refractivity contribution in [3.05, 3.63) is 29.8 Å². The number of hydrogen-bond donors (Lipinski definition) is 0. The minimum absolute atomic E-state index is 0.0481. The fourth-order valence-corrected chi connectivity index (χ4v) is 7.03. The Balaban J connectivity index is 1.59. The van der Waals surface area contributed by atoms with Gasteiger partial charge in [-0.1, -0.05) is 37.0 Å². The van der Waals surface area contributed by atoms with Gasteiger partial charge in [0.25, 0.3) is 0 Å². The van der Waals surface area contributed by atoms with Crippen molar-refractivity contribution >= 4 is 15.9 Å². The molecule has 6 heteroatoms. The number of fused-ring (bicyclic) bond motifs is 1. The Hall–Kier alpha value is -1.40. The zero-order valence-electron chi connectivity index (χ0n) is 16.8. The Kier molecular flexibility index (Phi) is 5.79. The Morgan fingerprint density at radius 2 is 1.57 bits per heavy atom. The van der Waals surface area contributed by atoms with Crippen LogP contribution in [0, 0.1) is 12.8 Å². The van der Waals surface area contributed by atoms with Crippen LogP contribution >= 0.6 is 0 Å². The molecular weight excluding hydrogens is 372 g/mol. The van der Waals surface area contributed by atoms with Gasteiger partial charge in [-0.3, -0.25) is 4.79 Å². The van der Waals surface area contributed by atoms with E-state index >= 15 is 0 Å². The van der Waals surface area contributed by atoms with Gasteiger partial charge < -0.3 is 4.90 Å². The predicted molar refractivity (Wildman–Crippen MR) is 109 cm³/mol. The Labute approximate surface area is 169 Å². The molecule has 2 aliphatic heterocycles. The molecule has 0 spiro atoms. The van der Waals surface area contributed by atoms with Crippen molar-refractivity contribution in [1.29, 1.82) is 0 Å². The molecular formula is C22H32N2O3S. The van der Waals surface area contributed by atoms with Crippen LogP contribution in [0.25, 0.3) is 0 Å². The third kappa shape index (κ3) is 3.73. The van der Waals surface area contributed by atoms with Crippen LogP contribution in [0.1, 0.15) is 63.4 Å². The summed E-state index contributed by atoms with van der Waals surface area (Å²) >= 11 is 0. The van der Waals surface area contributed by atoms with E-state index in [2.05, 4.69) is 4.90 Å². The molecule has 0 N–H and O–H groups in total. The second-order valence-electron chi connectivity index (χ2n) is 8.73. The number of likely N-dealkylation sites (tertiary alicyclic amines) is 1. The maximum Gasteiger partial charge on any atom is 0.243 e. The second kappa shape index (κ2) is 8.15. The number of aryl methyl sites for hydroxylation is 1. The van der Waals surface area contributed by atoms with Crippen molar-refractivity contribution in [2.24, 2.45) is 5.92 Å². The lowest BCUT2D eigenvalue weighted by Gasteiger charge is -2.46. The molecule has 1 saturated carbocycles. The number of sulfonamides is 1. The van der Waals surface area contributed by atoms with Gasteiger partial charge in [0.15, 0.2) is 0 Å². The molecule has 3 fully saturated rings. The summed E-state index contributed by atoms with van der Waals surface area (Å²) in [6, 6.07) is 6.76. The molecule has 2 heterocycles. The van der Waals surface area contributed by atoms with Crippen molar-refractivity contribution in [2.45, 2.75) is 81.7 Å². The Morgan fingerprint density at radius 3 is 2.36 bits per heavy atom. The highest BCUT2D eigenvalue weighted by molar-refractivity contribution is 7.89. The average molecular weight is 405 g/mol. The topological polar surface area (TPSA) is 57.7 Å². The SMILES string of the molecule is Cc1ccc(S(=O)(=O)N2CCCCC2C(=O)N2CCCC3CCCCC32)cc1. The smallest absolute Gasteiger partial charge is 0.243 e. The quantitative estimate of drug-likeness (QED) is 0.771. The number of rotatable bonds is 3. The summed E-state index contributed by atoms with van der Waals surface area (Å²) in [5, 5.41) is 0. The van der Waals surface area contributed by atoms with E-state index in [-0.39, 0.29) is 5.91 Å². The molecule has 0 bridgehead atoms. The molecule has 1 amide bonds. The average Bonchev–Trinajstić information content (AvgIpc) is 2.73. The summed E-state index contributed by atoms with van der Waals surface area (Å²) in [6.45, 7) is 3.17. The van der Waals surface area contributed by atoms with Gasteiger partial charge in [-0.2, -0.15) is 4.31 Å². The standard InChI is InChI=1S/C22H32N2O3S/c1-17-11-13-19(14-12-17)28(26,27)24-16-5-4-10-21(24)22(25)23-15-6-8-18-7-2-3-9-20(18)23/h11-14,18,20-21H,2-10,15-16H2,1H3. The molecule has 0 radical (unpaired) electrons. The molecule has 5 nitrogen and oxygen atoms in total. The molecule has 3 aliphatic rings. The molecule has 1 aromatic rings. The highest BCUT2D eigenvalue weighted by atomic mass is 32.2. The number of piperidine rings is 2. The minimum atomic E-state index is -3.66. The van der Waals surface area contributed by atoms with E-state index in [0.717, 1.165) is 37.8 Å². The van der Waals surface area contributed by atoms with Gasteiger partial charge in [0.1, 0.15) is 6.04 Å². The van der Waals surface area contributed by atoms with Crippen LogP contribution in [0.4, 0.5) is 0 Å². The molecule has 1 aliphatic carbocycles. The van der Waals surface area contributed by atoms with Gasteiger partial charge in [0.2, 0.25) is 15.9 Å². The lowest BCUT2D eigenvalue weighted by Crippen LogP contribution is -2.58. The lowest BCUT2D eigenvalue weighted by atomic mass is 9.78. The summed E-state index contributed by atoms with van der Waals surface area (Å²) in [7, 11) is -3.66. The summed E-state index contributed by atoms with van der Waals surface area (Å²) in [4.78, 5) is 15.9. The molecule has 3 unspecified atom stereocenters. The van der Waals surface area contributed by atoms with Crippen LogP contribution in [0.15, 0.2) is 29.2 Å². The number of carbonyl (C=O) groups is 1. The Morgan fingerprint density at radius 1 is 0.893 bits per heavy atom. The normalized spacial score (nSPS) is 29.3. The fourth-order valence-electron chi connectivity index (χ4n) is 5.37. The number of carbonyl (C=O) groups excluding carboxylic acids is 1. The minimum Gasteiger partial charge on any atom is -0.338 e. The van der Waals surface area contributed by atoms with E-state index in [9.17, 15) is 13.2 Å². The first-order valence-corrected chi connectivity index (χ1v) is 12.3. The number of amides is 1. The van der Waals surface area contributed by atoms with Crippen LogP contribution in [0.3, 0.4) is 0 Å². The van der Waals surface area contributed by atoms with Crippen LogP contribution in [-0.2, 0) is 14.8 Å². The summed E-state index contributed by atoms with van der Waals surface area (Å²) in [6.07, 6.45) is 9.37. The van der Waals surface area contributed by atoms with E-state index in [1.807, 2.05) is 19.1 Å². The zero-order valence-corrected chi connectivity index (χ0v) is 17.7. The Bertz CT molecular complexity index is 804. The van der Waals surface area contributed by atoms with E-state index in [4.69, 9.17) is 0 Å².